The Morgan fingerprint density at radius 1 is 0.833 bits per heavy atom. The average Bonchev–Trinajstić information content (AvgIpc) is 2.78. The van der Waals surface area contributed by atoms with Crippen molar-refractivity contribution in [3.63, 3.8) is 0 Å². The van der Waals surface area contributed by atoms with Crippen molar-refractivity contribution in [1.29, 1.82) is 0 Å². The second-order valence-corrected chi connectivity index (χ2v) is 10.4. The van der Waals surface area contributed by atoms with E-state index in [-0.39, 0.29) is 0 Å². The Hall–Kier alpha value is -2.61. The molecule has 1 aromatic carbocycles. The molecule has 0 saturated heterocycles. The lowest BCUT2D eigenvalue weighted by molar-refractivity contribution is -0.00858. The summed E-state index contributed by atoms with van der Waals surface area (Å²) in [6.45, 7) is 7.67. The molecule has 206 valence electrons. The summed E-state index contributed by atoms with van der Waals surface area (Å²) in [5, 5.41) is 3.70. The van der Waals surface area contributed by atoms with Crippen molar-refractivity contribution < 1.29 is 19.1 Å². The Labute approximate surface area is 219 Å². The topological polar surface area (TPSA) is 75.3 Å². The lowest BCUT2D eigenvalue weighted by atomic mass is 10.1. The largest absolute Gasteiger partial charge is 0.494 e. The quantitative estimate of drug-likeness (QED) is 0.200. The fourth-order valence-corrected chi connectivity index (χ4v) is 3.81. The van der Waals surface area contributed by atoms with E-state index in [4.69, 9.17) is 14.3 Å². The number of allylic oxidation sites excluding steroid dienone is 1. The lowest BCUT2D eigenvalue weighted by Crippen LogP contribution is -2.32. The lowest BCUT2D eigenvalue weighted by Gasteiger charge is -2.29. The molecule has 2 N–H and O–H groups in total. The second kappa shape index (κ2) is 17.8. The standard InChI is InChI=1S/C28H50N4O4/c1-28(2,3)36-27(33)30-35-23-17-11-14-20-25(26(31(4)5)32(6)7)29-21-15-8-9-16-22-34-24-18-12-10-13-19-24/h10,12-13,18-19,29H,8-9,11,14-17,20-23H2,1-7H3,(H,30,33). The summed E-state index contributed by atoms with van der Waals surface area (Å²) < 4.78 is 10.9. The Morgan fingerprint density at radius 2 is 1.44 bits per heavy atom. The maximum atomic E-state index is 11.6. The van der Waals surface area contributed by atoms with E-state index in [1.165, 1.54) is 24.4 Å². The molecule has 0 saturated carbocycles. The fraction of sp³-hybridized carbons (Fsp3) is 0.679. The molecule has 1 amide bonds. The van der Waals surface area contributed by atoms with E-state index in [1.807, 2.05) is 51.1 Å². The molecule has 0 aliphatic heterocycles. The highest BCUT2D eigenvalue weighted by Crippen LogP contribution is 2.16. The van der Waals surface area contributed by atoms with Gasteiger partial charge in [-0.25, -0.2) is 4.79 Å². The average molecular weight is 507 g/mol. The number of nitrogens with zero attached hydrogens (tertiary/aromatic N) is 2. The highest BCUT2D eigenvalue weighted by Gasteiger charge is 2.16. The van der Waals surface area contributed by atoms with Crippen LogP contribution in [0, 0.1) is 0 Å². The number of hydrogen-bond acceptors (Lipinski definition) is 7. The third kappa shape index (κ3) is 15.4. The van der Waals surface area contributed by atoms with Gasteiger partial charge in [0, 0.05) is 34.7 Å². The number of hydrogen-bond donors (Lipinski definition) is 2. The van der Waals surface area contributed by atoms with Gasteiger partial charge in [-0.15, -0.1) is 0 Å². The Balaban J connectivity index is 2.29. The van der Waals surface area contributed by atoms with Crippen LogP contribution in [-0.4, -0.2) is 69.4 Å². The molecule has 36 heavy (non-hydrogen) atoms. The number of carbonyl (C=O) groups excluding carboxylic acids is 1. The third-order valence-corrected chi connectivity index (χ3v) is 5.27. The van der Waals surface area contributed by atoms with Crippen molar-refractivity contribution in [2.75, 3.05) is 47.9 Å². The molecule has 1 rings (SSSR count). The summed E-state index contributed by atoms with van der Waals surface area (Å²) in [6, 6.07) is 10.00. The number of unbranched alkanes of at least 4 members (excludes halogenated alkanes) is 5. The second-order valence-electron chi connectivity index (χ2n) is 10.4. The van der Waals surface area contributed by atoms with E-state index in [0.717, 1.165) is 57.4 Å². The van der Waals surface area contributed by atoms with Gasteiger partial charge in [-0.2, -0.15) is 5.48 Å². The molecule has 8 nitrogen and oxygen atoms in total. The molecule has 0 atom stereocenters. The van der Waals surface area contributed by atoms with E-state index in [9.17, 15) is 4.79 Å². The Kier molecular flexibility index (Phi) is 15.5. The van der Waals surface area contributed by atoms with Crippen LogP contribution in [0.15, 0.2) is 41.8 Å². The van der Waals surface area contributed by atoms with Gasteiger partial charge in [-0.05, 0) is 65.0 Å². The van der Waals surface area contributed by atoms with Crippen LogP contribution < -0.4 is 15.5 Å². The molecule has 8 heteroatoms. The van der Waals surface area contributed by atoms with Gasteiger partial charge in [0.15, 0.2) is 0 Å². The minimum absolute atomic E-state index is 0.466. The normalized spacial score (nSPS) is 11.0. The zero-order valence-corrected chi connectivity index (χ0v) is 23.7. The van der Waals surface area contributed by atoms with Gasteiger partial charge in [0.1, 0.15) is 17.2 Å². The SMILES string of the molecule is CN(C)C(=C(CCCCCONC(=O)OC(C)(C)C)NCCCCCCOc1ccccc1)N(C)C. The van der Waals surface area contributed by atoms with Crippen LogP contribution in [0.4, 0.5) is 4.79 Å². The first-order chi connectivity index (χ1) is 17.1. The van der Waals surface area contributed by atoms with E-state index in [1.54, 1.807) is 0 Å². The van der Waals surface area contributed by atoms with Gasteiger partial charge in [-0.3, -0.25) is 4.84 Å². The van der Waals surface area contributed by atoms with Crippen LogP contribution >= 0.6 is 0 Å². The molecule has 0 aliphatic carbocycles. The smallest absolute Gasteiger partial charge is 0.431 e. The van der Waals surface area contributed by atoms with Crippen molar-refractivity contribution in [2.45, 2.75) is 77.7 Å². The predicted octanol–water partition coefficient (Wildman–Crippen LogP) is 5.52. The first kappa shape index (κ1) is 31.4. The first-order valence-electron chi connectivity index (χ1n) is 13.2. The minimum Gasteiger partial charge on any atom is -0.494 e. The van der Waals surface area contributed by atoms with Crippen molar-refractivity contribution >= 4 is 6.09 Å². The highest BCUT2D eigenvalue weighted by molar-refractivity contribution is 5.66. The molecule has 0 radical (unpaired) electrons. The summed E-state index contributed by atoms with van der Waals surface area (Å²) in [6.07, 6.45) is 7.89. The monoisotopic (exact) mass is 506 g/mol. The molecule has 0 unspecified atom stereocenters. The molecule has 0 aromatic heterocycles. The number of rotatable bonds is 18. The van der Waals surface area contributed by atoms with E-state index in [2.05, 4.69) is 48.8 Å². The Bertz CT molecular complexity index is 736. The predicted molar refractivity (Wildman–Crippen MR) is 147 cm³/mol. The third-order valence-electron chi connectivity index (χ3n) is 5.27. The van der Waals surface area contributed by atoms with Gasteiger partial charge < -0.3 is 24.6 Å². The zero-order chi connectivity index (χ0) is 26.8. The summed E-state index contributed by atoms with van der Waals surface area (Å²) in [5.41, 5.74) is 3.08. The van der Waals surface area contributed by atoms with Gasteiger partial charge in [0.2, 0.25) is 0 Å². The van der Waals surface area contributed by atoms with Crippen molar-refractivity contribution in [3.05, 3.63) is 41.8 Å². The van der Waals surface area contributed by atoms with Crippen LogP contribution in [0.2, 0.25) is 0 Å². The summed E-state index contributed by atoms with van der Waals surface area (Å²) >= 11 is 0. The molecular weight excluding hydrogens is 456 g/mol. The van der Waals surface area contributed by atoms with Gasteiger partial charge >= 0.3 is 6.09 Å². The van der Waals surface area contributed by atoms with Crippen molar-refractivity contribution in [1.82, 2.24) is 20.6 Å². The van der Waals surface area contributed by atoms with Crippen molar-refractivity contribution in [3.8, 4) is 5.75 Å². The molecule has 1 aromatic rings. The number of amides is 1. The maximum Gasteiger partial charge on any atom is 0.431 e. The fourth-order valence-electron chi connectivity index (χ4n) is 3.81. The molecular formula is C28H50N4O4. The van der Waals surface area contributed by atoms with Crippen molar-refractivity contribution in [2.24, 2.45) is 0 Å². The number of carbonyl (C=O) groups is 1. The number of hydroxylamine groups is 1. The van der Waals surface area contributed by atoms with Crippen LogP contribution in [0.1, 0.15) is 72.1 Å². The van der Waals surface area contributed by atoms with Gasteiger partial charge in [-0.1, -0.05) is 37.5 Å². The van der Waals surface area contributed by atoms with Crippen LogP contribution in [0.3, 0.4) is 0 Å². The van der Waals surface area contributed by atoms with E-state index < -0.39 is 11.7 Å². The number of nitrogens with one attached hydrogen (secondary N) is 2. The summed E-state index contributed by atoms with van der Waals surface area (Å²) in [5.74, 6) is 2.15. The highest BCUT2D eigenvalue weighted by atomic mass is 16.7. The molecule has 0 aliphatic rings. The minimum atomic E-state index is -0.553. The van der Waals surface area contributed by atoms with E-state index >= 15 is 0 Å². The molecule has 0 heterocycles. The summed E-state index contributed by atoms with van der Waals surface area (Å²) in [7, 11) is 8.33. The van der Waals surface area contributed by atoms with Crippen LogP contribution in [-0.2, 0) is 9.57 Å². The summed E-state index contributed by atoms with van der Waals surface area (Å²) in [4.78, 5) is 21.2. The number of ether oxygens (including phenoxy) is 2. The Morgan fingerprint density at radius 3 is 2.08 bits per heavy atom. The van der Waals surface area contributed by atoms with Crippen LogP contribution in [0.25, 0.3) is 0 Å². The van der Waals surface area contributed by atoms with Gasteiger partial charge in [0.25, 0.3) is 0 Å². The van der Waals surface area contributed by atoms with Gasteiger partial charge in [0.05, 0.1) is 18.9 Å². The number of benzene rings is 1. The molecule has 0 bridgehead atoms. The maximum absolute atomic E-state index is 11.6. The van der Waals surface area contributed by atoms with E-state index in [0.29, 0.717) is 6.61 Å². The zero-order valence-electron chi connectivity index (χ0n) is 23.7. The molecule has 0 fully saturated rings. The van der Waals surface area contributed by atoms with Crippen LogP contribution in [0.5, 0.6) is 5.75 Å². The number of para-hydroxylation sites is 1. The first-order valence-corrected chi connectivity index (χ1v) is 13.2. The molecule has 0 spiro atoms.